The van der Waals surface area contributed by atoms with Crippen molar-refractivity contribution in [2.45, 2.75) is 31.9 Å². The Morgan fingerprint density at radius 3 is 2.65 bits per heavy atom. The Labute approximate surface area is 101 Å². The molecular formula is C12H21F3N2. The average Bonchev–Trinajstić information content (AvgIpc) is 2.29. The summed E-state index contributed by atoms with van der Waals surface area (Å²) in [5.74, 6) is -0.566. The van der Waals surface area contributed by atoms with Gasteiger partial charge >= 0.3 is 6.18 Å². The fraction of sp³-hybridized carbons (Fsp3) is 1.00. The van der Waals surface area contributed by atoms with E-state index in [0.717, 1.165) is 39.0 Å². The van der Waals surface area contributed by atoms with Gasteiger partial charge in [0.25, 0.3) is 0 Å². The highest BCUT2D eigenvalue weighted by Gasteiger charge is 2.41. The SMILES string of the molecule is FC(F)(F)C1CCCN(CC2CCCNC2)C1. The molecule has 0 radical (unpaired) electrons. The summed E-state index contributed by atoms with van der Waals surface area (Å²) in [6.45, 7) is 3.90. The number of nitrogens with one attached hydrogen (secondary N) is 1. The number of hydrogen-bond donors (Lipinski definition) is 1. The van der Waals surface area contributed by atoms with Crippen LogP contribution < -0.4 is 5.32 Å². The third-order valence-corrected chi connectivity index (χ3v) is 3.88. The van der Waals surface area contributed by atoms with Gasteiger partial charge in [-0.1, -0.05) is 0 Å². The summed E-state index contributed by atoms with van der Waals surface area (Å²) in [6, 6.07) is 0. The number of nitrogens with zero attached hydrogens (tertiary/aromatic N) is 1. The highest BCUT2D eigenvalue weighted by molar-refractivity contribution is 4.80. The fourth-order valence-electron chi connectivity index (χ4n) is 2.93. The van der Waals surface area contributed by atoms with Gasteiger partial charge in [0, 0.05) is 13.1 Å². The zero-order valence-corrected chi connectivity index (χ0v) is 10.1. The second kappa shape index (κ2) is 5.57. The van der Waals surface area contributed by atoms with E-state index in [4.69, 9.17) is 0 Å². The Balaban J connectivity index is 1.80. The first kappa shape index (κ1) is 13.1. The van der Waals surface area contributed by atoms with Gasteiger partial charge in [-0.25, -0.2) is 0 Å². The van der Waals surface area contributed by atoms with Crippen LogP contribution in [0.3, 0.4) is 0 Å². The van der Waals surface area contributed by atoms with E-state index in [1.807, 2.05) is 4.90 Å². The Kier molecular flexibility index (Phi) is 4.31. The number of hydrogen-bond acceptors (Lipinski definition) is 2. The Bertz CT molecular complexity index is 236. The molecule has 2 fully saturated rings. The van der Waals surface area contributed by atoms with Crippen molar-refractivity contribution >= 4 is 0 Å². The van der Waals surface area contributed by atoms with Gasteiger partial charge < -0.3 is 10.2 Å². The molecule has 5 heteroatoms. The molecule has 2 nitrogen and oxygen atoms in total. The van der Waals surface area contributed by atoms with E-state index in [2.05, 4.69) is 5.32 Å². The van der Waals surface area contributed by atoms with Gasteiger partial charge in [0.2, 0.25) is 0 Å². The molecule has 0 aromatic carbocycles. The first-order valence-electron chi connectivity index (χ1n) is 6.55. The second-order valence-electron chi connectivity index (χ2n) is 5.35. The normalized spacial score (nSPS) is 32.6. The Hall–Kier alpha value is -0.290. The van der Waals surface area contributed by atoms with Gasteiger partial charge in [0.05, 0.1) is 5.92 Å². The van der Waals surface area contributed by atoms with Gasteiger partial charge in [0.1, 0.15) is 0 Å². The highest BCUT2D eigenvalue weighted by atomic mass is 19.4. The molecule has 2 rings (SSSR count). The van der Waals surface area contributed by atoms with Gasteiger partial charge in [-0.15, -0.1) is 0 Å². The molecule has 2 heterocycles. The van der Waals surface area contributed by atoms with Crippen LogP contribution in [0.2, 0.25) is 0 Å². The minimum atomic E-state index is -4.01. The topological polar surface area (TPSA) is 15.3 Å². The maximum absolute atomic E-state index is 12.7. The Morgan fingerprint density at radius 2 is 2.00 bits per heavy atom. The van der Waals surface area contributed by atoms with Crippen molar-refractivity contribution in [1.82, 2.24) is 10.2 Å². The Morgan fingerprint density at radius 1 is 1.18 bits per heavy atom. The van der Waals surface area contributed by atoms with Crippen molar-refractivity contribution in [1.29, 1.82) is 0 Å². The van der Waals surface area contributed by atoms with Crippen LogP contribution in [0.5, 0.6) is 0 Å². The molecule has 0 amide bonds. The van der Waals surface area contributed by atoms with Crippen molar-refractivity contribution in [2.75, 3.05) is 32.7 Å². The maximum atomic E-state index is 12.7. The van der Waals surface area contributed by atoms with Crippen LogP contribution in [-0.4, -0.2) is 43.8 Å². The molecule has 1 N–H and O–H groups in total. The van der Waals surface area contributed by atoms with E-state index >= 15 is 0 Å². The van der Waals surface area contributed by atoms with Crippen molar-refractivity contribution in [3.8, 4) is 0 Å². The van der Waals surface area contributed by atoms with E-state index in [-0.39, 0.29) is 6.54 Å². The minimum absolute atomic E-state index is 0.208. The zero-order valence-electron chi connectivity index (χ0n) is 10.1. The molecule has 0 aliphatic carbocycles. The predicted octanol–water partition coefficient (Wildman–Crippen LogP) is 2.26. The standard InChI is InChI=1S/C12H21F3N2/c13-12(14,15)11-4-2-6-17(9-11)8-10-3-1-5-16-7-10/h10-11,16H,1-9H2. The minimum Gasteiger partial charge on any atom is -0.316 e. The molecule has 0 spiro atoms. The molecule has 0 bridgehead atoms. The summed E-state index contributed by atoms with van der Waals surface area (Å²) in [6.07, 6.45) is -0.710. The van der Waals surface area contributed by atoms with Crippen molar-refractivity contribution in [2.24, 2.45) is 11.8 Å². The summed E-state index contributed by atoms with van der Waals surface area (Å²) >= 11 is 0. The van der Waals surface area contributed by atoms with Crippen LogP contribution in [0.25, 0.3) is 0 Å². The van der Waals surface area contributed by atoms with Crippen molar-refractivity contribution in [3.05, 3.63) is 0 Å². The third kappa shape index (κ3) is 3.85. The monoisotopic (exact) mass is 250 g/mol. The number of likely N-dealkylation sites (tertiary alicyclic amines) is 1. The van der Waals surface area contributed by atoms with Gasteiger partial charge in [-0.3, -0.25) is 0 Å². The van der Waals surface area contributed by atoms with Crippen LogP contribution in [0.4, 0.5) is 13.2 Å². The lowest BCUT2D eigenvalue weighted by atomic mass is 9.94. The lowest BCUT2D eigenvalue weighted by molar-refractivity contribution is -0.187. The van der Waals surface area contributed by atoms with Crippen LogP contribution in [0, 0.1) is 11.8 Å². The summed E-state index contributed by atoms with van der Waals surface area (Å²) < 4.78 is 38.0. The third-order valence-electron chi connectivity index (χ3n) is 3.88. The molecule has 2 atom stereocenters. The van der Waals surface area contributed by atoms with Crippen LogP contribution in [-0.2, 0) is 0 Å². The lowest BCUT2D eigenvalue weighted by Gasteiger charge is -2.36. The summed E-state index contributed by atoms with van der Waals surface area (Å²) in [4.78, 5) is 2.01. The quantitative estimate of drug-likeness (QED) is 0.808. The molecule has 0 saturated carbocycles. The van der Waals surface area contributed by atoms with E-state index in [1.165, 1.54) is 0 Å². The number of alkyl halides is 3. The summed E-state index contributed by atoms with van der Waals surface area (Å²) in [7, 11) is 0. The lowest BCUT2D eigenvalue weighted by Crippen LogP contribution is -2.45. The first-order chi connectivity index (χ1) is 8.05. The summed E-state index contributed by atoms with van der Waals surface area (Å²) in [5, 5.41) is 3.32. The molecule has 100 valence electrons. The van der Waals surface area contributed by atoms with Gasteiger partial charge in [-0.05, 0) is 51.2 Å². The van der Waals surface area contributed by atoms with E-state index < -0.39 is 12.1 Å². The summed E-state index contributed by atoms with van der Waals surface area (Å²) in [5.41, 5.74) is 0. The van der Waals surface area contributed by atoms with Crippen LogP contribution in [0.15, 0.2) is 0 Å². The highest BCUT2D eigenvalue weighted by Crippen LogP contribution is 2.33. The number of rotatable bonds is 2. The smallest absolute Gasteiger partial charge is 0.316 e. The largest absolute Gasteiger partial charge is 0.393 e. The molecule has 2 aliphatic heterocycles. The van der Waals surface area contributed by atoms with E-state index in [9.17, 15) is 13.2 Å². The predicted molar refractivity (Wildman–Crippen MR) is 60.8 cm³/mol. The molecule has 17 heavy (non-hydrogen) atoms. The van der Waals surface area contributed by atoms with Gasteiger partial charge in [0.15, 0.2) is 0 Å². The number of piperidine rings is 2. The zero-order chi connectivity index (χ0) is 12.3. The van der Waals surface area contributed by atoms with Crippen LogP contribution >= 0.6 is 0 Å². The second-order valence-corrected chi connectivity index (χ2v) is 5.35. The van der Waals surface area contributed by atoms with Crippen LogP contribution in [0.1, 0.15) is 25.7 Å². The molecule has 2 aliphatic rings. The molecule has 0 aromatic heterocycles. The van der Waals surface area contributed by atoms with E-state index in [0.29, 0.717) is 18.8 Å². The van der Waals surface area contributed by atoms with Gasteiger partial charge in [-0.2, -0.15) is 13.2 Å². The van der Waals surface area contributed by atoms with Crippen molar-refractivity contribution < 1.29 is 13.2 Å². The molecule has 0 aromatic rings. The molecule has 2 saturated heterocycles. The van der Waals surface area contributed by atoms with Crippen molar-refractivity contribution in [3.63, 3.8) is 0 Å². The molecular weight excluding hydrogens is 229 g/mol. The van der Waals surface area contributed by atoms with E-state index in [1.54, 1.807) is 0 Å². The maximum Gasteiger partial charge on any atom is 0.393 e. The number of halogens is 3. The average molecular weight is 250 g/mol. The first-order valence-corrected chi connectivity index (χ1v) is 6.55. The fourth-order valence-corrected chi connectivity index (χ4v) is 2.93. The molecule has 2 unspecified atom stereocenters.